The van der Waals surface area contributed by atoms with Crippen molar-refractivity contribution in [1.82, 2.24) is 4.98 Å². The number of hydrogen-bond acceptors (Lipinski definition) is 7. The van der Waals surface area contributed by atoms with Crippen LogP contribution in [0, 0.1) is 10.1 Å². The predicted molar refractivity (Wildman–Crippen MR) is 113 cm³/mol. The summed E-state index contributed by atoms with van der Waals surface area (Å²) in [4.78, 5) is 17.2. The van der Waals surface area contributed by atoms with Gasteiger partial charge in [-0.1, -0.05) is 30.3 Å². The van der Waals surface area contributed by atoms with Gasteiger partial charge in [0.25, 0.3) is 5.69 Å². The van der Waals surface area contributed by atoms with Crippen molar-refractivity contribution >= 4 is 32.0 Å². The fraction of sp³-hybridized carbons (Fsp3) is 0.250. The van der Waals surface area contributed by atoms with E-state index < -0.39 is 20.0 Å². The summed E-state index contributed by atoms with van der Waals surface area (Å²) in [7, 11) is -3.51. The molecule has 1 aromatic heterocycles. The summed E-state index contributed by atoms with van der Waals surface area (Å²) in [6.07, 6.45) is 0.999. The van der Waals surface area contributed by atoms with Gasteiger partial charge in [-0.2, -0.15) is 0 Å². The first-order chi connectivity index (χ1) is 13.9. The lowest BCUT2D eigenvalue weighted by Gasteiger charge is -2.31. The molecule has 9 heteroatoms. The van der Waals surface area contributed by atoms with E-state index in [0.717, 1.165) is 16.4 Å². The van der Waals surface area contributed by atoms with E-state index in [1.807, 2.05) is 35.7 Å². The molecule has 0 amide bonds. The fourth-order valence-electron chi connectivity index (χ4n) is 3.46. The van der Waals surface area contributed by atoms with E-state index >= 15 is 0 Å². The number of benzene rings is 2. The molecule has 4 rings (SSSR count). The number of anilines is 1. The van der Waals surface area contributed by atoms with Crippen LogP contribution in [0.1, 0.15) is 12.8 Å². The number of nitro groups is 1. The number of piperidine rings is 1. The molecule has 0 unspecified atom stereocenters. The number of non-ortho nitro benzene ring substituents is 1. The van der Waals surface area contributed by atoms with Gasteiger partial charge in [0.05, 0.1) is 20.8 Å². The molecular weight excluding hydrogens is 410 g/mol. The average molecular weight is 430 g/mol. The molecule has 0 radical (unpaired) electrons. The van der Waals surface area contributed by atoms with Gasteiger partial charge in [0.15, 0.2) is 15.0 Å². The van der Waals surface area contributed by atoms with Crippen molar-refractivity contribution in [3.63, 3.8) is 0 Å². The van der Waals surface area contributed by atoms with Crippen LogP contribution in [0.5, 0.6) is 0 Å². The van der Waals surface area contributed by atoms with Gasteiger partial charge < -0.3 is 4.90 Å². The lowest BCUT2D eigenvalue weighted by Crippen LogP contribution is -2.39. The second-order valence-corrected chi connectivity index (χ2v) is 9.93. The number of nitrogens with zero attached hydrogens (tertiary/aromatic N) is 3. The summed E-state index contributed by atoms with van der Waals surface area (Å²) in [6, 6.07) is 15.1. The van der Waals surface area contributed by atoms with Crippen molar-refractivity contribution in [2.45, 2.75) is 23.0 Å². The number of thiazole rings is 1. The second-order valence-electron chi connectivity index (χ2n) is 6.86. The lowest BCUT2D eigenvalue weighted by atomic mass is 10.1. The Bertz CT molecular complexity index is 1100. The third-order valence-corrected chi connectivity index (χ3v) is 8.27. The molecule has 2 heterocycles. The smallest absolute Gasteiger partial charge is 0.269 e. The minimum absolute atomic E-state index is 0.114. The van der Waals surface area contributed by atoms with E-state index in [-0.39, 0.29) is 10.6 Å². The molecule has 29 heavy (non-hydrogen) atoms. The molecule has 2 aromatic carbocycles. The summed E-state index contributed by atoms with van der Waals surface area (Å²) in [5.74, 6) is 0. The number of aromatic nitrogens is 1. The third-order valence-electron chi connectivity index (χ3n) is 5.09. The standard InChI is InChI=1S/C20H19N3O4S2/c24-23(25)16-6-8-17(9-7-16)29(26,27)18-10-12-22(13-11-18)20-21-19(14-28-20)15-4-2-1-3-5-15/h1-9,14,18H,10-13H2. The van der Waals surface area contributed by atoms with Gasteiger partial charge in [0, 0.05) is 36.2 Å². The Morgan fingerprint density at radius 3 is 2.31 bits per heavy atom. The first-order valence-corrected chi connectivity index (χ1v) is 11.6. The fourth-order valence-corrected chi connectivity index (χ4v) is 6.08. The van der Waals surface area contributed by atoms with Crippen molar-refractivity contribution < 1.29 is 13.3 Å². The molecule has 3 aromatic rings. The summed E-state index contributed by atoms with van der Waals surface area (Å²) in [6.45, 7) is 1.22. The van der Waals surface area contributed by atoms with Gasteiger partial charge in [-0.15, -0.1) is 11.3 Å². The highest BCUT2D eigenvalue weighted by Crippen LogP contribution is 2.32. The Labute approximate surface area is 172 Å². The van der Waals surface area contributed by atoms with Crippen molar-refractivity contribution in [3.8, 4) is 11.3 Å². The van der Waals surface area contributed by atoms with Crippen LogP contribution in [-0.4, -0.2) is 36.7 Å². The Hall–Kier alpha value is -2.78. The second kappa shape index (κ2) is 7.92. The molecule has 0 aliphatic carbocycles. The van der Waals surface area contributed by atoms with E-state index in [1.54, 1.807) is 11.3 Å². The van der Waals surface area contributed by atoms with E-state index in [1.165, 1.54) is 24.3 Å². The molecule has 0 N–H and O–H groups in total. The van der Waals surface area contributed by atoms with Crippen molar-refractivity contribution in [3.05, 3.63) is 70.1 Å². The van der Waals surface area contributed by atoms with Crippen LogP contribution in [0.4, 0.5) is 10.8 Å². The maximum absolute atomic E-state index is 12.9. The van der Waals surface area contributed by atoms with Crippen LogP contribution in [0.3, 0.4) is 0 Å². The van der Waals surface area contributed by atoms with Gasteiger partial charge in [-0.3, -0.25) is 10.1 Å². The highest BCUT2D eigenvalue weighted by Gasteiger charge is 2.32. The number of sulfone groups is 1. The number of nitro benzene ring substituents is 1. The Kier molecular flexibility index (Phi) is 5.33. The molecule has 0 atom stereocenters. The van der Waals surface area contributed by atoms with Crippen LogP contribution in [-0.2, 0) is 9.84 Å². The maximum Gasteiger partial charge on any atom is 0.269 e. The van der Waals surface area contributed by atoms with Crippen LogP contribution in [0.25, 0.3) is 11.3 Å². The molecular formula is C20H19N3O4S2. The first kappa shape index (κ1) is 19.5. The van der Waals surface area contributed by atoms with E-state index in [4.69, 9.17) is 4.98 Å². The van der Waals surface area contributed by atoms with Gasteiger partial charge in [-0.05, 0) is 25.0 Å². The predicted octanol–water partition coefficient (Wildman–Crippen LogP) is 4.16. The molecule has 7 nitrogen and oxygen atoms in total. The van der Waals surface area contributed by atoms with Gasteiger partial charge in [0.1, 0.15) is 0 Å². The van der Waals surface area contributed by atoms with Crippen LogP contribution < -0.4 is 4.90 Å². The maximum atomic E-state index is 12.9. The van der Waals surface area contributed by atoms with Crippen LogP contribution in [0.15, 0.2) is 64.9 Å². The highest BCUT2D eigenvalue weighted by atomic mass is 32.2. The zero-order valence-corrected chi connectivity index (χ0v) is 17.1. The zero-order chi connectivity index (χ0) is 20.4. The summed E-state index contributed by atoms with van der Waals surface area (Å²) in [5.41, 5.74) is 1.87. The normalized spacial score (nSPS) is 15.4. The number of hydrogen-bond donors (Lipinski definition) is 0. The van der Waals surface area contributed by atoms with E-state index in [0.29, 0.717) is 25.9 Å². The number of rotatable bonds is 5. The highest BCUT2D eigenvalue weighted by molar-refractivity contribution is 7.92. The molecule has 0 bridgehead atoms. The zero-order valence-electron chi connectivity index (χ0n) is 15.5. The van der Waals surface area contributed by atoms with E-state index in [2.05, 4.69) is 4.90 Å². The lowest BCUT2D eigenvalue weighted by molar-refractivity contribution is -0.384. The molecule has 150 valence electrons. The molecule has 1 aliphatic rings. The monoisotopic (exact) mass is 429 g/mol. The first-order valence-electron chi connectivity index (χ1n) is 9.19. The molecule has 1 aliphatic heterocycles. The van der Waals surface area contributed by atoms with Crippen LogP contribution >= 0.6 is 11.3 Å². The third kappa shape index (κ3) is 4.01. The Balaban J connectivity index is 1.44. The van der Waals surface area contributed by atoms with Crippen LogP contribution in [0.2, 0.25) is 0 Å². The summed E-state index contributed by atoms with van der Waals surface area (Å²) < 4.78 is 25.8. The molecule has 0 saturated carbocycles. The summed E-state index contributed by atoms with van der Waals surface area (Å²) in [5, 5.41) is 13.2. The minimum atomic E-state index is -3.51. The van der Waals surface area contributed by atoms with Gasteiger partial charge >= 0.3 is 0 Å². The van der Waals surface area contributed by atoms with Crippen molar-refractivity contribution in [1.29, 1.82) is 0 Å². The summed E-state index contributed by atoms with van der Waals surface area (Å²) >= 11 is 1.56. The van der Waals surface area contributed by atoms with Gasteiger partial charge in [-0.25, -0.2) is 13.4 Å². The van der Waals surface area contributed by atoms with Gasteiger partial charge in [0.2, 0.25) is 0 Å². The van der Waals surface area contributed by atoms with E-state index in [9.17, 15) is 18.5 Å². The SMILES string of the molecule is O=[N+]([O-])c1ccc(S(=O)(=O)C2CCN(c3nc(-c4ccccc4)cs3)CC2)cc1. The molecule has 1 saturated heterocycles. The average Bonchev–Trinajstić information content (AvgIpc) is 3.25. The van der Waals surface area contributed by atoms with Crippen molar-refractivity contribution in [2.24, 2.45) is 0 Å². The molecule has 0 spiro atoms. The topological polar surface area (TPSA) is 93.4 Å². The largest absolute Gasteiger partial charge is 0.348 e. The van der Waals surface area contributed by atoms with Crippen molar-refractivity contribution in [2.75, 3.05) is 18.0 Å². The Morgan fingerprint density at radius 1 is 1.03 bits per heavy atom. The quantitative estimate of drug-likeness (QED) is 0.447. The Morgan fingerprint density at radius 2 is 1.69 bits per heavy atom. The minimum Gasteiger partial charge on any atom is -0.348 e. The molecule has 1 fully saturated rings.